The van der Waals surface area contributed by atoms with Gasteiger partial charge in [0.2, 0.25) is 0 Å². The van der Waals surface area contributed by atoms with E-state index in [4.69, 9.17) is 9.84 Å². The molecule has 0 aliphatic carbocycles. The van der Waals surface area contributed by atoms with Crippen LogP contribution in [0.25, 0.3) is 23.0 Å². The van der Waals surface area contributed by atoms with Gasteiger partial charge in [-0.05, 0) is 61.5 Å². The molecule has 2 amide bonds. The van der Waals surface area contributed by atoms with Crippen LogP contribution in [-0.4, -0.2) is 52.8 Å². The topological polar surface area (TPSA) is 76.5 Å². The lowest BCUT2D eigenvalue weighted by Gasteiger charge is -2.27. The molecule has 192 valence electrons. The molecule has 1 aromatic heterocycles. The molecule has 1 fully saturated rings. The Kier molecular flexibility index (Phi) is 7.42. The van der Waals surface area contributed by atoms with Gasteiger partial charge in [0, 0.05) is 36.0 Å². The molecule has 4 aromatic rings. The number of aryl methyl sites for hydroxylation is 1. The molecule has 5 rings (SSSR count). The van der Waals surface area contributed by atoms with Crippen LogP contribution in [0, 0.1) is 12.7 Å². The van der Waals surface area contributed by atoms with Gasteiger partial charge in [-0.25, -0.2) is 9.07 Å². The number of benzene rings is 3. The number of para-hydroxylation sites is 1. The molecule has 2 heterocycles. The maximum absolute atomic E-state index is 13.7. The van der Waals surface area contributed by atoms with E-state index < -0.39 is 5.91 Å². The monoisotopic (exact) mass is 510 g/mol. The summed E-state index contributed by atoms with van der Waals surface area (Å²) in [5, 5.41) is 7.57. The van der Waals surface area contributed by atoms with Crippen LogP contribution in [0.2, 0.25) is 0 Å². The Morgan fingerprint density at radius 1 is 0.947 bits per heavy atom. The van der Waals surface area contributed by atoms with E-state index in [0.29, 0.717) is 48.7 Å². The van der Waals surface area contributed by atoms with Crippen LogP contribution in [0.4, 0.5) is 4.39 Å². The van der Waals surface area contributed by atoms with Gasteiger partial charge in [-0.15, -0.1) is 0 Å². The summed E-state index contributed by atoms with van der Waals surface area (Å²) in [7, 11) is 0. The average molecular weight is 511 g/mol. The molecule has 0 radical (unpaired) electrons. The van der Waals surface area contributed by atoms with Gasteiger partial charge in [-0.2, -0.15) is 5.10 Å². The van der Waals surface area contributed by atoms with Crippen molar-refractivity contribution in [1.29, 1.82) is 0 Å². The second-order valence-electron chi connectivity index (χ2n) is 9.00. The summed E-state index contributed by atoms with van der Waals surface area (Å²) in [6.45, 7) is 3.64. The molecule has 38 heavy (non-hydrogen) atoms. The number of ether oxygens (including phenoxy) is 1. The summed E-state index contributed by atoms with van der Waals surface area (Å²) in [5.74, 6) is -1.06. The SMILES string of the molecule is Cc1ccc(C(=O)NC(=Cc2cn(-c3ccccc3)nc2-c2ccc(F)cc2)C(=O)N2CCOCC2)cc1. The van der Waals surface area contributed by atoms with E-state index in [1.807, 2.05) is 49.4 Å². The van der Waals surface area contributed by atoms with Gasteiger partial charge in [-0.1, -0.05) is 35.9 Å². The first-order valence-corrected chi connectivity index (χ1v) is 12.4. The van der Waals surface area contributed by atoms with Gasteiger partial charge in [0.1, 0.15) is 17.2 Å². The quantitative estimate of drug-likeness (QED) is 0.384. The lowest BCUT2D eigenvalue weighted by atomic mass is 10.1. The highest BCUT2D eigenvalue weighted by Crippen LogP contribution is 2.26. The zero-order chi connectivity index (χ0) is 26.5. The summed E-state index contributed by atoms with van der Waals surface area (Å²) in [6.07, 6.45) is 3.42. The molecule has 8 heteroatoms. The maximum atomic E-state index is 13.7. The van der Waals surface area contributed by atoms with Gasteiger partial charge < -0.3 is 15.0 Å². The van der Waals surface area contributed by atoms with Gasteiger partial charge in [-0.3, -0.25) is 9.59 Å². The maximum Gasteiger partial charge on any atom is 0.270 e. The van der Waals surface area contributed by atoms with Crippen molar-refractivity contribution in [2.45, 2.75) is 6.92 Å². The number of nitrogens with zero attached hydrogens (tertiary/aromatic N) is 3. The van der Waals surface area contributed by atoms with Crippen molar-refractivity contribution in [3.8, 4) is 16.9 Å². The van der Waals surface area contributed by atoms with Gasteiger partial charge in [0.25, 0.3) is 11.8 Å². The molecule has 0 unspecified atom stereocenters. The number of nitrogens with one attached hydrogen (secondary N) is 1. The second-order valence-corrected chi connectivity index (χ2v) is 9.00. The van der Waals surface area contributed by atoms with Gasteiger partial charge in [0.05, 0.1) is 18.9 Å². The van der Waals surface area contributed by atoms with E-state index in [9.17, 15) is 14.0 Å². The number of rotatable bonds is 6. The summed E-state index contributed by atoms with van der Waals surface area (Å²) >= 11 is 0. The van der Waals surface area contributed by atoms with Crippen LogP contribution in [0.5, 0.6) is 0 Å². The molecule has 0 bridgehead atoms. The Labute approximate surface area is 220 Å². The zero-order valence-electron chi connectivity index (χ0n) is 20.9. The molecular weight excluding hydrogens is 483 g/mol. The Morgan fingerprint density at radius 2 is 1.63 bits per heavy atom. The lowest BCUT2D eigenvalue weighted by molar-refractivity contribution is -0.131. The number of morpholine rings is 1. The largest absolute Gasteiger partial charge is 0.378 e. The molecular formula is C30H27FN4O3. The van der Waals surface area contributed by atoms with E-state index in [1.165, 1.54) is 12.1 Å². The number of carbonyl (C=O) groups is 2. The van der Waals surface area contributed by atoms with Gasteiger partial charge >= 0.3 is 0 Å². The second kappa shape index (κ2) is 11.2. The van der Waals surface area contributed by atoms with E-state index >= 15 is 0 Å². The summed E-state index contributed by atoms with van der Waals surface area (Å²) in [4.78, 5) is 28.4. The minimum atomic E-state index is -0.392. The van der Waals surface area contributed by atoms with Gasteiger partial charge in [0.15, 0.2) is 0 Å². The standard InChI is InChI=1S/C30H27FN4O3/c1-21-7-9-23(10-8-21)29(36)32-27(30(37)34-15-17-38-18-16-34)19-24-20-35(26-5-3-2-4-6-26)33-28(24)22-11-13-25(31)14-12-22/h2-14,19-20H,15-18H2,1H3,(H,32,36). The highest BCUT2D eigenvalue weighted by molar-refractivity contribution is 6.05. The van der Waals surface area contributed by atoms with Crippen molar-refractivity contribution < 1.29 is 18.7 Å². The van der Waals surface area contributed by atoms with Crippen LogP contribution in [0.15, 0.2) is 90.8 Å². The van der Waals surface area contributed by atoms with Crippen molar-refractivity contribution in [2.24, 2.45) is 0 Å². The van der Waals surface area contributed by atoms with Crippen molar-refractivity contribution in [3.05, 3.63) is 113 Å². The molecule has 1 saturated heterocycles. The average Bonchev–Trinajstić information content (AvgIpc) is 3.37. The summed E-state index contributed by atoms with van der Waals surface area (Å²) in [6, 6.07) is 22.7. The molecule has 1 aliphatic heterocycles. The number of amides is 2. The first-order valence-electron chi connectivity index (χ1n) is 12.4. The predicted octanol–water partition coefficient (Wildman–Crippen LogP) is 4.62. The molecule has 0 atom stereocenters. The molecule has 0 saturated carbocycles. The predicted molar refractivity (Wildman–Crippen MR) is 143 cm³/mol. The van der Waals surface area contributed by atoms with Crippen LogP contribution in [0.1, 0.15) is 21.5 Å². The summed E-state index contributed by atoms with van der Waals surface area (Å²) < 4.78 is 20.8. The molecule has 3 aromatic carbocycles. The highest BCUT2D eigenvalue weighted by atomic mass is 19.1. The Morgan fingerprint density at radius 3 is 2.32 bits per heavy atom. The third-order valence-electron chi connectivity index (χ3n) is 6.27. The zero-order valence-corrected chi connectivity index (χ0v) is 20.9. The minimum Gasteiger partial charge on any atom is -0.378 e. The minimum absolute atomic E-state index is 0.119. The third kappa shape index (κ3) is 5.71. The normalized spacial score (nSPS) is 13.8. The van der Waals surface area contributed by atoms with E-state index in [2.05, 4.69) is 5.32 Å². The van der Waals surface area contributed by atoms with Crippen molar-refractivity contribution in [2.75, 3.05) is 26.3 Å². The van der Waals surface area contributed by atoms with Crippen LogP contribution in [0.3, 0.4) is 0 Å². The Balaban J connectivity index is 1.58. The summed E-state index contributed by atoms with van der Waals surface area (Å²) in [5.41, 5.74) is 4.23. The Hall–Kier alpha value is -4.56. The number of carbonyl (C=O) groups excluding carboxylic acids is 2. The fraction of sp³-hybridized carbons (Fsp3) is 0.167. The van der Waals surface area contributed by atoms with E-state index in [-0.39, 0.29) is 17.4 Å². The molecule has 1 N–H and O–H groups in total. The number of halogens is 1. The number of hydrogen-bond donors (Lipinski definition) is 1. The van der Waals surface area contributed by atoms with Crippen LogP contribution < -0.4 is 5.32 Å². The lowest BCUT2D eigenvalue weighted by Crippen LogP contribution is -2.44. The molecule has 7 nitrogen and oxygen atoms in total. The number of hydrogen-bond acceptors (Lipinski definition) is 4. The smallest absolute Gasteiger partial charge is 0.270 e. The van der Waals surface area contributed by atoms with Crippen molar-refractivity contribution in [1.82, 2.24) is 20.0 Å². The van der Waals surface area contributed by atoms with Crippen LogP contribution >= 0.6 is 0 Å². The van der Waals surface area contributed by atoms with Crippen molar-refractivity contribution >= 4 is 17.9 Å². The molecule has 1 aliphatic rings. The third-order valence-corrected chi connectivity index (χ3v) is 6.27. The fourth-order valence-electron chi connectivity index (χ4n) is 4.18. The van der Waals surface area contributed by atoms with E-state index in [0.717, 1.165) is 11.3 Å². The number of aromatic nitrogens is 2. The molecule has 0 spiro atoms. The Bertz CT molecular complexity index is 1460. The first kappa shape index (κ1) is 25.1. The van der Waals surface area contributed by atoms with Crippen LogP contribution in [-0.2, 0) is 9.53 Å². The first-order chi connectivity index (χ1) is 18.5. The fourth-order valence-corrected chi connectivity index (χ4v) is 4.18. The highest BCUT2D eigenvalue weighted by Gasteiger charge is 2.24. The van der Waals surface area contributed by atoms with E-state index in [1.54, 1.807) is 46.1 Å². The van der Waals surface area contributed by atoms with Crippen molar-refractivity contribution in [3.63, 3.8) is 0 Å².